The van der Waals surface area contributed by atoms with Gasteiger partial charge in [0.25, 0.3) is 5.91 Å². The fraction of sp³-hybridized carbons (Fsp3) is 0.588. The highest BCUT2D eigenvalue weighted by Gasteiger charge is 2.32. The van der Waals surface area contributed by atoms with Crippen molar-refractivity contribution in [3.63, 3.8) is 0 Å². The Labute approximate surface area is 137 Å². The van der Waals surface area contributed by atoms with Gasteiger partial charge in [-0.1, -0.05) is 11.6 Å². The Morgan fingerprint density at radius 1 is 1.36 bits per heavy atom. The Morgan fingerprint density at radius 3 is 2.59 bits per heavy atom. The number of halogens is 1. The van der Waals surface area contributed by atoms with Gasteiger partial charge in [-0.25, -0.2) is 0 Å². The molecule has 0 aromatic heterocycles. The number of aryl methyl sites for hydroxylation is 1. The van der Waals surface area contributed by atoms with Crippen LogP contribution >= 0.6 is 11.6 Å². The van der Waals surface area contributed by atoms with Gasteiger partial charge in [-0.2, -0.15) is 0 Å². The molecular formula is C17H25ClN2O2. The highest BCUT2D eigenvalue weighted by Crippen LogP contribution is 2.24. The standard InChI is InChI=1S/C17H25ClN2O2/c1-12-11-14(5-6-15(12)18)22-17(2,3)16(21)19-13-7-9-20(4)10-8-13/h5-6,11,13H,7-10H2,1-4H3,(H,19,21). The van der Waals surface area contributed by atoms with E-state index in [1.54, 1.807) is 26.0 Å². The molecular weight excluding hydrogens is 300 g/mol. The number of carbonyl (C=O) groups excluding carboxylic acids is 1. The van der Waals surface area contributed by atoms with Gasteiger partial charge in [0.05, 0.1) is 0 Å². The fourth-order valence-corrected chi connectivity index (χ4v) is 2.65. The third kappa shape index (κ3) is 4.37. The second-order valence-corrected chi connectivity index (χ2v) is 6.98. The van der Waals surface area contributed by atoms with Gasteiger partial charge in [0, 0.05) is 11.1 Å². The Morgan fingerprint density at radius 2 is 2.00 bits per heavy atom. The van der Waals surface area contributed by atoms with Crippen LogP contribution in [0.3, 0.4) is 0 Å². The molecule has 1 fully saturated rings. The predicted molar refractivity (Wildman–Crippen MR) is 89.6 cm³/mol. The number of hydrogen-bond acceptors (Lipinski definition) is 3. The van der Waals surface area contributed by atoms with Gasteiger partial charge in [-0.15, -0.1) is 0 Å². The van der Waals surface area contributed by atoms with E-state index >= 15 is 0 Å². The molecule has 0 spiro atoms. The molecule has 1 N–H and O–H groups in total. The number of likely N-dealkylation sites (tertiary alicyclic amines) is 1. The molecule has 1 aromatic carbocycles. The minimum atomic E-state index is -0.913. The van der Waals surface area contributed by atoms with Crippen molar-refractivity contribution in [2.75, 3.05) is 20.1 Å². The molecule has 0 aliphatic carbocycles. The first-order valence-corrected chi connectivity index (χ1v) is 8.10. The summed E-state index contributed by atoms with van der Waals surface area (Å²) < 4.78 is 5.88. The van der Waals surface area contributed by atoms with Crippen LogP contribution < -0.4 is 10.1 Å². The summed E-state index contributed by atoms with van der Waals surface area (Å²) in [6.07, 6.45) is 1.97. The van der Waals surface area contributed by atoms with Gasteiger partial charge in [-0.05, 0) is 77.5 Å². The van der Waals surface area contributed by atoms with E-state index in [2.05, 4.69) is 17.3 Å². The summed E-state index contributed by atoms with van der Waals surface area (Å²) >= 11 is 6.02. The molecule has 1 heterocycles. The second kappa shape index (κ2) is 6.88. The summed E-state index contributed by atoms with van der Waals surface area (Å²) in [4.78, 5) is 14.8. The number of hydrogen-bond donors (Lipinski definition) is 1. The molecule has 0 unspecified atom stereocenters. The average Bonchev–Trinajstić information content (AvgIpc) is 2.45. The summed E-state index contributed by atoms with van der Waals surface area (Å²) in [5.41, 5.74) is 0.0227. The van der Waals surface area contributed by atoms with Crippen molar-refractivity contribution in [2.45, 2.75) is 45.3 Å². The number of benzene rings is 1. The first-order valence-electron chi connectivity index (χ1n) is 7.72. The Balaban J connectivity index is 1.96. The molecule has 5 heteroatoms. The topological polar surface area (TPSA) is 41.6 Å². The van der Waals surface area contributed by atoms with Crippen LogP contribution in [-0.2, 0) is 4.79 Å². The van der Waals surface area contributed by atoms with E-state index < -0.39 is 5.60 Å². The van der Waals surface area contributed by atoms with Crippen molar-refractivity contribution in [1.29, 1.82) is 0 Å². The summed E-state index contributed by atoms with van der Waals surface area (Å²) in [5.74, 6) is 0.583. The number of rotatable bonds is 4. The Kier molecular flexibility index (Phi) is 5.35. The first kappa shape index (κ1) is 17.1. The first-order chi connectivity index (χ1) is 10.3. The summed E-state index contributed by atoms with van der Waals surface area (Å²) in [6, 6.07) is 5.67. The van der Waals surface area contributed by atoms with Crippen molar-refractivity contribution in [3.05, 3.63) is 28.8 Å². The molecule has 1 saturated heterocycles. The van der Waals surface area contributed by atoms with Crippen LogP contribution in [0.25, 0.3) is 0 Å². The molecule has 4 nitrogen and oxygen atoms in total. The molecule has 0 bridgehead atoms. The van der Waals surface area contributed by atoms with E-state index in [9.17, 15) is 4.79 Å². The van der Waals surface area contributed by atoms with Crippen molar-refractivity contribution < 1.29 is 9.53 Å². The number of piperidine rings is 1. The normalized spacial score (nSPS) is 17.3. The third-order valence-electron chi connectivity index (χ3n) is 4.10. The number of ether oxygens (including phenoxy) is 1. The lowest BCUT2D eigenvalue weighted by Crippen LogP contribution is -2.52. The number of carbonyl (C=O) groups is 1. The van der Waals surface area contributed by atoms with Gasteiger partial charge in [0.2, 0.25) is 0 Å². The minimum absolute atomic E-state index is 0.0744. The van der Waals surface area contributed by atoms with Gasteiger partial charge in [0.1, 0.15) is 5.75 Å². The number of nitrogens with one attached hydrogen (secondary N) is 1. The zero-order valence-electron chi connectivity index (χ0n) is 13.8. The lowest BCUT2D eigenvalue weighted by Gasteiger charge is -2.32. The van der Waals surface area contributed by atoms with E-state index in [1.807, 2.05) is 13.0 Å². The van der Waals surface area contributed by atoms with E-state index in [0.29, 0.717) is 10.8 Å². The second-order valence-electron chi connectivity index (χ2n) is 6.57. The van der Waals surface area contributed by atoms with Gasteiger partial charge in [0.15, 0.2) is 5.60 Å². The summed E-state index contributed by atoms with van der Waals surface area (Å²) in [7, 11) is 2.11. The molecule has 1 aromatic rings. The van der Waals surface area contributed by atoms with Crippen molar-refractivity contribution in [3.8, 4) is 5.75 Å². The smallest absolute Gasteiger partial charge is 0.263 e. The van der Waals surface area contributed by atoms with Gasteiger partial charge in [-0.3, -0.25) is 4.79 Å². The van der Waals surface area contributed by atoms with Crippen LogP contribution in [-0.4, -0.2) is 42.6 Å². The maximum atomic E-state index is 12.5. The minimum Gasteiger partial charge on any atom is -0.478 e. The highest BCUT2D eigenvalue weighted by atomic mass is 35.5. The van der Waals surface area contributed by atoms with E-state index in [4.69, 9.17) is 16.3 Å². The molecule has 22 heavy (non-hydrogen) atoms. The maximum Gasteiger partial charge on any atom is 0.263 e. The molecule has 122 valence electrons. The molecule has 0 atom stereocenters. The van der Waals surface area contributed by atoms with E-state index in [0.717, 1.165) is 31.5 Å². The van der Waals surface area contributed by atoms with Crippen LogP contribution in [0.15, 0.2) is 18.2 Å². The Bertz CT molecular complexity index is 537. The zero-order chi connectivity index (χ0) is 16.3. The van der Waals surface area contributed by atoms with Crippen LogP contribution in [0, 0.1) is 6.92 Å². The molecule has 1 aliphatic heterocycles. The van der Waals surface area contributed by atoms with Crippen LogP contribution in [0.2, 0.25) is 5.02 Å². The van der Waals surface area contributed by atoms with Crippen LogP contribution in [0.5, 0.6) is 5.75 Å². The quantitative estimate of drug-likeness (QED) is 0.925. The van der Waals surface area contributed by atoms with E-state index in [1.165, 1.54) is 0 Å². The van der Waals surface area contributed by atoms with Crippen LogP contribution in [0.4, 0.5) is 0 Å². The van der Waals surface area contributed by atoms with Gasteiger partial charge >= 0.3 is 0 Å². The van der Waals surface area contributed by atoms with Crippen molar-refractivity contribution in [1.82, 2.24) is 10.2 Å². The van der Waals surface area contributed by atoms with E-state index in [-0.39, 0.29) is 11.9 Å². The molecule has 1 amide bonds. The summed E-state index contributed by atoms with van der Waals surface area (Å²) in [6.45, 7) is 7.54. The molecule has 1 aliphatic rings. The highest BCUT2D eigenvalue weighted by molar-refractivity contribution is 6.31. The zero-order valence-corrected chi connectivity index (χ0v) is 14.5. The predicted octanol–water partition coefficient (Wildman–Crippen LogP) is 3.02. The molecule has 0 radical (unpaired) electrons. The van der Waals surface area contributed by atoms with Crippen molar-refractivity contribution in [2.24, 2.45) is 0 Å². The monoisotopic (exact) mass is 324 g/mol. The summed E-state index contributed by atoms with van der Waals surface area (Å²) in [5, 5.41) is 3.80. The van der Waals surface area contributed by atoms with Gasteiger partial charge < -0.3 is 15.0 Å². The molecule has 0 saturated carbocycles. The lowest BCUT2D eigenvalue weighted by molar-refractivity contribution is -0.135. The van der Waals surface area contributed by atoms with Crippen molar-refractivity contribution >= 4 is 17.5 Å². The molecule has 2 rings (SSSR count). The SMILES string of the molecule is Cc1cc(OC(C)(C)C(=O)NC2CCN(C)CC2)ccc1Cl. The average molecular weight is 325 g/mol. The maximum absolute atomic E-state index is 12.5. The number of amides is 1. The third-order valence-corrected chi connectivity index (χ3v) is 4.53. The fourth-order valence-electron chi connectivity index (χ4n) is 2.53. The largest absolute Gasteiger partial charge is 0.478 e. The Hall–Kier alpha value is -1.26. The van der Waals surface area contributed by atoms with Crippen LogP contribution in [0.1, 0.15) is 32.3 Å². The lowest BCUT2D eigenvalue weighted by atomic mass is 10.0. The number of nitrogens with zero attached hydrogens (tertiary/aromatic N) is 1.